The summed E-state index contributed by atoms with van der Waals surface area (Å²) in [6.07, 6.45) is -7.57. The zero-order valence-corrected chi connectivity index (χ0v) is 37.3. The molecular formula is C46H74O15. The number of fused-ring (bicyclic) bond motifs is 7. The van der Waals surface area contributed by atoms with Crippen LogP contribution < -0.4 is 0 Å². The number of aliphatic carboxylic acids is 1. The van der Waals surface area contributed by atoms with Gasteiger partial charge in [0.2, 0.25) is 0 Å². The second kappa shape index (κ2) is 15.9. The summed E-state index contributed by atoms with van der Waals surface area (Å²) in [4.78, 5) is 13.1. The fourth-order valence-electron chi connectivity index (χ4n) is 14.5. The number of aliphatic hydroxyl groups is 7. The lowest BCUT2D eigenvalue weighted by Gasteiger charge is -2.71. The highest BCUT2D eigenvalue weighted by molar-refractivity contribution is 5.76. The maximum Gasteiger partial charge on any atom is 0.310 e. The third-order valence-corrected chi connectivity index (χ3v) is 18.5. The molecule has 5 aliphatic carbocycles. The van der Waals surface area contributed by atoms with Gasteiger partial charge in [-0.2, -0.15) is 0 Å². The topological polar surface area (TPSA) is 234 Å². The Hall–Kier alpha value is -1.31. The van der Waals surface area contributed by atoms with Crippen molar-refractivity contribution in [3.63, 3.8) is 0 Å². The van der Waals surface area contributed by atoms with E-state index in [1.165, 1.54) is 12.5 Å². The summed E-state index contributed by atoms with van der Waals surface area (Å²) in [6, 6.07) is 0. The van der Waals surface area contributed by atoms with E-state index >= 15 is 0 Å². The average molecular weight is 867 g/mol. The molecule has 3 aliphatic heterocycles. The van der Waals surface area contributed by atoms with Crippen molar-refractivity contribution >= 4 is 5.97 Å². The van der Waals surface area contributed by atoms with Crippen LogP contribution in [-0.2, 0) is 33.2 Å². The molecule has 4 saturated carbocycles. The molecule has 0 spiro atoms. The first-order chi connectivity index (χ1) is 28.4. The van der Waals surface area contributed by atoms with Crippen LogP contribution in [0.2, 0.25) is 0 Å². The van der Waals surface area contributed by atoms with E-state index < -0.39 is 91.3 Å². The highest BCUT2D eigenvalue weighted by atomic mass is 16.8. The van der Waals surface area contributed by atoms with Gasteiger partial charge in [0.15, 0.2) is 18.9 Å². The number of hydrogen-bond donors (Lipinski definition) is 8. The zero-order chi connectivity index (χ0) is 44.4. The van der Waals surface area contributed by atoms with Crippen molar-refractivity contribution in [2.75, 3.05) is 13.2 Å². The lowest BCUT2D eigenvalue weighted by Crippen LogP contribution is -2.66. The SMILES string of the molecule is C[C@@H]1O[C@@H](O[C@H]2[C@H](O[C@H]3CC[C@]4(C)[C@H]5CC=C6[C@@H]7CC(C)(C)CC[C@]7(C(=O)O)CC[C@@]6(C)[C@]5(C)CC[C@H]4C3(C)C)OC[C@@H](O)[C@@H]2O)[C@H](O)[C@H](O[C@@H]2OC[C@@H](O)[C@@H](O)[C@H]2O)[C@H]1O. The Morgan fingerprint density at radius 3 is 2.00 bits per heavy atom. The van der Waals surface area contributed by atoms with E-state index in [9.17, 15) is 45.6 Å². The van der Waals surface area contributed by atoms with Crippen molar-refractivity contribution in [2.45, 2.75) is 206 Å². The molecular weight excluding hydrogens is 792 g/mol. The number of ether oxygens (including phenoxy) is 6. The van der Waals surface area contributed by atoms with Gasteiger partial charge in [-0.15, -0.1) is 0 Å². The molecule has 0 amide bonds. The van der Waals surface area contributed by atoms with Crippen LogP contribution in [0.25, 0.3) is 0 Å². The number of hydrogen-bond acceptors (Lipinski definition) is 14. The first kappa shape index (κ1) is 46.2. The van der Waals surface area contributed by atoms with Gasteiger partial charge in [0.1, 0.15) is 54.9 Å². The van der Waals surface area contributed by atoms with Crippen molar-refractivity contribution in [2.24, 2.45) is 50.2 Å². The summed E-state index contributed by atoms with van der Waals surface area (Å²) in [5.74, 6) is 0.0702. The Morgan fingerprint density at radius 1 is 0.672 bits per heavy atom. The van der Waals surface area contributed by atoms with E-state index in [1.807, 2.05) is 0 Å². The molecule has 0 bridgehead atoms. The normalized spacial score (nSPS) is 54.3. The molecule has 3 saturated heterocycles. The summed E-state index contributed by atoms with van der Waals surface area (Å²) < 4.78 is 36.2. The lowest BCUT2D eigenvalue weighted by atomic mass is 9.33. The van der Waals surface area contributed by atoms with Crippen molar-refractivity contribution in [1.29, 1.82) is 0 Å². The predicted molar refractivity (Wildman–Crippen MR) is 217 cm³/mol. The largest absolute Gasteiger partial charge is 0.481 e. The first-order valence-electron chi connectivity index (χ1n) is 23.0. The smallest absolute Gasteiger partial charge is 0.310 e. The predicted octanol–water partition coefficient (Wildman–Crippen LogP) is 3.01. The molecule has 15 nitrogen and oxygen atoms in total. The molecule has 0 aromatic heterocycles. The Balaban J connectivity index is 1.00. The van der Waals surface area contributed by atoms with Crippen LogP contribution in [0.4, 0.5) is 0 Å². The molecule has 0 aromatic rings. The minimum Gasteiger partial charge on any atom is -0.481 e. The lowest BCUT2D eigenvalue weighted by molar-refractivity contribution is -0.378. The van der Waals surface area contributed by atoms with E-state index in [4.69, 9.17) is 28.4 Å². The van der Waals surface area contributed by atoms with Crippen LogP contribution in [0.3, 0.4) is 0 Å². The number of allylic oxidation sites excluding steroid dienone is 2. The molecule has 0 unspecified atom stereocenters. The van der Waals surface area contributed by atoms with E-state index in [0.29, 0.717) is 12.3 Å². The van der Waals surface area contributed by atoms with Gasteiger partial charge in [0.25, 0.3) is 0 Å². The molecule has 21 atom stereocenters. The van der Waals surface area contributed by atoms with Gasteiger partial charge in [0, 0.05) is 0 Å². The minimum atomic E-state index is -1.69. The Labute approximate surface area is 360 Å². The van der Waals surface area contributed by atoms with Gasteiger partial charge in [-0.05, 0) is 116 Å². The molecule has 7 fully saturated rings. The summed E-state index contributed by atoms with van der Waals surface area (Å²) in [5, 5.41) is 85.9. The molecule has 8 N–H and O–H groups in total. The molecule has 61 heavy (non-hydrogen) atoms. The van der Waals surface area contributed by atoms with Crippen LogP contribution in [0.1, 0.15) is 120 Å². The van der Waals surface area contributed by atoms with Gasteiger partial charge < -0.3 is 69.3 Å². The molecule has 8 rings (SSSR count). The van der Waals surface area contributed by atoms with Crippen molar-refractivity contribution in [1.82, 2.24) is 0 Å². The van der Waals surface area contributed by atoms with Crippen LogP contribution >= 0.6 is 0 Å². The average Bonchev–Trinajstić information content (AvgIpc) is 3.18. The van der Waals surface area contributed by atoms with Crippen molar-refractivity contribution < 1.29 is 74.1 Å². The summed E-state index contributed by atoms with van der Waals surface area (Å²) in [5.41, 5.74) is 0.298. The molecule has 3 heterocycles. The number of carbonyl (C=O) groups is 1. The molecule has 15 heteroatoms. The number of aliphatic hydroxyl groups excluding tert-OH is 7. The third-order valence-electron chi connectivity index (χ3n) is 18.5. The standard InChI is InChI=1S/C46H74O15/c1-22-30(49)35(60-37-33(52)31(50)25(47)20-56-37)34(53)38(58-22)61-36-32(51)26(48)21-57-39(36)59-29-12-13-43(6)27(42(29,4)5)11-14-45(8)28(43)10-9-23-24-19-41(2,3)15-17-46(24,40(54)55)18-16-44(23,45)7/h9,22,24-39,47-53H,10-21H2,1-8H3,(H,54,55)/t22-,24-,25+,26+,27-,28+,29-,30-,31+,32-,33+,34+,35+,36+,37-,38-,39-,43-,44+,45+,46-/m0/s1. The quantitative estimate of drug-likeness (QED) is 0.136. The summed E-state index contributed by atoms with van der Waals surface area (Å²) in [7, 11) is 0. The van der Waals surface area contributed by atoms with Gasteiger partial charge >= 0.3 is 5.97 Å². The van der Waals surface area contributed by atoms with Crippen LogP contribution in [0, 0.1) is 50.2 Å². The van der Waals surface area contributed by atoms with Gasteiger partial charge in [-0.3, -0.25) is 4.79 Å². The van der Waals surface area contributed by atoms with Crippen molar-refractivity contribution in [3.05, 3.63) is 11.6 Å². The number of rotatable bonds is 7. The third kappa shape index (κ3) is 7.21. The van der Waals surface area contributed by atoms with Crippen LogP contribution in [0.5, 0.6) is 0 Å². The minimum absolute atomic E-state index is 0.0145. The van der Waals surface area contributed by atoms with Crippen molar-refractivity contribution in [3.8, 4) is 0 Å². The monoisotopic (exact) mass is 867 g/mol. The van der Waals surface area contributed by atoms with E-state index in [-0.39, 0.29) is 58.2 Å². The second-order valence-corrected chi connectivity index (χ2v) is 22.6. The van der Waals surface area contributed by atoms with Gasteiger partial charge in [0.05, 0.1) is 30.8 Å². The molecule has 0 radical (unpaired) electrons. The Morgan fingerprint density at radius 2 is 1.31 bits per heavy atom. The molecule has 348 valence electrons. The number of carboxylic acids is 1. The fraction of sp³-hybridized carbons (Fsp3) is 0.935. The summed E-state index contributed by atoms with van der Waals surface area (Å²) in [6.45, 7) is 17.5. The van der Waals surface area contributed by atoms with Crippen LogP contribution in [-0.4, -0.2) is 146 Å². The van der Waals surface area contributed by atoms with E-state index in [0.717, 1.165) is 57.8 Å². The summed E-state index contributed by atoms with van der Waals surface area (Å²) >= 11 is 0. The van der Waals surface area contributed by atoms with Gasteiger partial charge in [-0.25, -0.2) is 0 Å². The maximum atomic E-state index is 13.1. The molecule has 8 aliphatic rings. The number of carboxylic acid groups (broad SMARTS) is 1. The fourth-order valence-corrected chi connectivity index (χ4v) is 14.5. The Bertz CT molecular complexity index is 1670. The highest BCUT2D eigenvalue weighted by Crippen LogP contribution is 2.76. The molecule has 0 aromatic carbocycles. The second-order valence-electron chi connectivity index (χ2n) is 22.6. The highest BCUT2D eigenvalue weighted by Gasteiger charge is 2.69. The Kier molecular flexibility index (Phi) is 12.1. The van der Waals surface area contributed by atoms with E-state index in [2.05, 4.69) is 54.5 Å². The zero-order valence-electron chi connectivity index (χ0n) is 37.3. The maximum absolute atomic E-state index is 13.1. The van der Waals surface area contributed by atoms with Gasteiger partial charge in [-0.1, -0.05) is 60.1 Å². The van der Waals surface area contributed by atoms with E-state index in [1.54, 1.807) is 0 Å². The first-order valence-corrected chi connectivity index (χ1v) is 23.0. The van der Waals surface area contributed by atoms with Crippen LogP contribution in [0.15, 0.2) is 11.6 Å².